The van der Waals surface area contributed by atoms with Crippen LogP contribution in [0.2, 0.25) is 15.2 Å². The van der Waals surface area contributed by atoms with Gasteiger partial charge in [-0.15, -0.1) is 0 Å². The number of hydrogen-bond donors (Lipinski definition) is 0. The number of nitrogens with zero attached hydrogens (tertiary/aromatic N) is 2. The Morgan fingerprint density at radius 3 is 1.82 bits per heavy atom. The summed E-state index contributed by atoms with van der Waals surface area (Å²) < 4.78 is 39.5. The molecule has 8 heteroatoms. The fourth-order valence-electron chi connectivity index (χ4n) is 1.81. The van der Waals surface area contributed by atoms with Gasteiger partial charge in [0.25, 0.3) is 0 Å². The van der Waals surface area contributed by atoms with Crippen molar-refractivity contribution in [1.82, 2.24) is 9.78 Å². The highest BCUT2D eigenvalue weighted by Gasteiger charge is 2.32. The zero-order chi connectivity index (χ0) is 16.9. The van der Waals surface area contributed by atoms with E-state index in [1.54, 1.807) is 6.07 Å². The van der Waals surface area contributed by atoms with Gasteiger partial charge in [-0.3, -0.25) is 0 Å². The summed E-state index contributed by atoms with van der Waals surface area (Å²) in [6.07, 6.45) is -4.53. The molecule has 0 saturated carbocycles. The quantitative estimate of drug-likeness (QED) is 0.588. The van der Waals surface area contributed by atoms with Gasteiger partial charge in [0.15, 0.2) is 0 Å². The van der Waals surface area contributed by atoms with E-state index in [0.717, 1.165) is 12.1 Å². The Balaban J connectivity index is 2.62. The minimum absolute atomic E-state index is 0.122. The van der Waals surface area contributed by atoms with Gasteiger partial charge in [0.1, 0.15) is 10.8 Å². The molecule has 0 aliphatic rings. The largest absolute Gasteiger partial charge is 0.416 e. The molecule has 1 aromatic carbocycles. The van der Waals surface area contributed by atoms with Crippen molar-refractivity contribution in [1.29, 1.82) is 0 Å². The van der Waals surface area contributed by atoms with Crippen LogP contribution in [0.15, 0.2) is 18.2 Å². The molecule has 0 spiro atoms. The highest BCUT2D eigenvalue weighted by atomic mass is 35.5. The van der Waals surface area contributed by atoms with Crippen LogP contribution < -0.4 is 0 Å². The average Bonchev–Trinajstić information content (AvgIpc) is 2.69. The molecule has 0 fully saturated rings. The molecular weight excluding hydrogens is 360 g/mol. The van der Waals surface area contributed by atoms with E-state index < -0.39 is 11.7 Å². The maximum absolute atomic E-state index is 12.8. The summed E-state index contributed by atoms with van der Waals surface area (Å²) in [5, 5.41) is 4.16. The van der Waals surface area contributed by atoms with Crippen LogP contribution in [0.3, 0.4) is 0 Å². The molecule has 0 aliphatic heterocycles. The second-order valence-electron chi connectivity index (χ2n) is 5.80. The van der Waals surface area contributed by atoms with Crippen molar-refractivity contribution >= 4 is 34.8 Å². The molecule has 0 unspecified atom stereocenters. The minimum Gasteiger partial charge on any atom is -0.219 e. The van der Waals surface area contributed by atoms with Gasteiger partial charge in [-0.1, -0.05) is 55.6 Å². The Labute approximate surface area is 140 Å². The zero-order valence-corrected chi connectivity index (χ0v) is 14.2. The van der Waals surface area contributed by atoms with Gasteiger partial charge in [0, 0.05) is 5.41 Å². The summed E-state index contributed by atoms with van der Waals surface area (Å²) in [5.41, 5.74) is -0.410. The van der Waals surface area contributed by atoms with Crippen molar-refractivity contribution in [3.05, 3.63) is 44.7 Å². The number of hydrogen-bond acceptors (Lipinski definition) is 1. The van der Waals surface area contributed by atoms with E-state index in [-0.39, 0.29) is 26.3 Å². The molecule has 0 aliphatic carbocycles. The number of aromatic nitrogens is 2. The van der Waals surface area contributed by atoms with Crippen molar-refractivity contribution in [2.45, 2.75) is 32.4 Å². The number of benzene rings is 1. The van der Waals surface area contributed by atoms with Gasteiger partial charge in [-0.05, 0) is 18.2 Å². The van der Waals surface area contributed by atoms with Crippen LogP contribution in [0.4, 0.5) is 13.2 Å². The lowest BCUT2D eigenvalue weighted by molar-refractivity contribution is -0.137. The van der Waals surface area contributed by atoms with E-state index in [0.29, 0.717) is 5.69 Å². The zero-order valence-electron chi connectivity index (χ0n) is 11.9. The van der Waals surface area contributed by atoms with Gasteiger partial charge in [-0.2, -0.15) is 18.3 Å². The molecule has 0 radical (unpaired) electrons. The fourth-order valence-corrected chi connectivity index (χ4v) is 2.69. The third kappa shape index (κ3) is 3.36. The van der Waals surface area contributed by atoms with Crippen LogP contribution in [-0.2, 0) is 11.6 Å². The van der Waals surface area contributed by atoms with Crippen molar-refractivity contribution in [2.75, 3.05) is 0 Å². The summed E-state index contributed by atoms with van der Waals surface area (Å²) in [6.45, 7) is 5.81. The van der Waals surface area contributed by atoms with Crippen LogP contribution in [0.1, 0.15) is 32.0 Å². The third-order valence-corrected chi connectivity index (χ3v) is 3.84. The van der Waals surface area contributed by atoms with E-state index in [1.165, 1.54) is 4.68 Å². The van der Waals surface area contributed by atoms with E-state index in [2.05, 4.69) is 5.10 Å². The first-order valence-electron chi connectivity index (χ1n) is 6.24. The Morgan fingerprint density at radius 2 is 1.45 bits per heavy atom. The van der Waals surface area contributed by atoms with Gasteiger partial charge < -0.3 is 0 Å². The number of rotatable bonds is 1. The SMILES string of the molecule is CC(C)(C)c1cc(Cl)n(-c2c(Cl)cc(C(F)(F)F)cc2Cl)n1. The Kier molecular flexibility index (Phi) is 4.46. The number of alkyl halides is 3. The summed E-state index contributed by atoms with van der Waals surface area (Å²) in [7, 11) is 0. The fraction of sp³-hybridized carbons (Fsp3) is 0.357. The molecule has 1 aromatic heterocycles. The molecule has 22 heavy (non-hydrogen) atoms. The summed E-state index contributed by atoms with van der Waals surface area (Å²) in [4.78, 5) is 0. The van der Waals surface area contributed by atoms with E-state index in [9.17, 15) is 13.2 Å². The Morgan fingerprint density at radius 1 is 0.955 bits per heavy atom. The summed E-state index contributed by atoms with van der Waals surface area (Å²) in [6, 6.07) is 3.24. The molecule has 2 rings (SSSR count). The molecule has 120 valence electrons. The van der Waals surface area contributed by atoms with Crippen molar-refractivity contribution in [2.24, 2.45) is 0 Å². The van der Waals surface area contributed by atoms with Gasteiger partial charge in [0.2, 0.25) is 0 Å². The minimum atomic E-state index is -4.53. The first-order valence-corrected chi connectivity index (χ1v) is 7.37. The van der Waals surface area contributed by atoms with Crippen LogP contribution >= 0.6 is 34.8 Å². The van der Waals surface area contributed by atoms with Crippen molar-refractivity contribution in [3.63, 3.8) is 0 Å². The normalized spacial score (nSPS) is 12.8. The highest BCUT2D eigenvalue weighted by Crippen LogP contribution is 2.38. The van der Waals surface area contributed by atoms with Crippen LogP contribution in [-0.4, -0.2) is 9.78 Å². The predicted molar refractivity (Wildman–Crippen MR) is 82.3 cm³/mol. The Hall–Kier alpha value is -0.910. The lowest BCUT2D eigenvalue weighted by Gasteiger charge is -2.15. The van der Waals surface area contributed by atoms with Gasteiger partial charge >= 0.3 is 6.18 Å². The highest BCUT2D eigenvalue weighted by molar-refractivity contribution is 6.38. The molecule has 0 saturated heterocycles. The lowest BCUT2D eigenvalue weighted by Crippen LogP contribution is -2.13. The first-order chi connectivity index (χ1) is 9.91. The molecule has 0 bridgehead atoms. The molecular formula is C14H12Cl3F3N2. The van der Waals surface area contributed by atoms with Crippen LogP contribution in [0.25, 0.3) is 5.69 Å². The molecule has 2 nitrogen and oxygen atoms in total. The molecule has 0 amide bonds. The third-order valence-electron chi connectivity index (χ3n) is 2.99. The van der Waals surface area contributed by atoms with Gasteiger partial charge in [-0.25, -0.2) is 4.68 Å². The van der Waals surface area contributed by atoms with Crippen LogP contribution in [0.5, 0.6) is 0 Å². The maximum Gasteiger partial charge on any atom is 0.416 e. The summed E-state index contributed by atoms with van der Waals surface area (Å²) >= 11 is 18.1. The van der Waals surface area contributed by atoms with E-state index in [1.807, 2.05) is 20.8 Å². The maximum atomic E-state index is 12.8. The first kappa shape index (κ1) is 17.4. The predicted octanol–water partition coefficient (Wildman–Crippen LogP) is 6.15. The van der Waals surface area contributed by atoms with Crippen molar-refractivity contribution in [3.8, 4) is 5.69 Å². The smallest absolute Gasteiger partial charge is 0.219 e. The monoisotopic (exact) mass is 370 g/mol. The lowest BCUT2D eigenvalue weighted by atomic mass is 9.93. The second-order valence-corrected chi connectivity index (χ2v) is 7.00. The molecule has 1 heterocycles. The molecule has 2 aromatic rings. The standard InChI is InChI=1S/C14H12Cl3F3N2/c1-13(2,3)10-6-11(17)22(21-10)12-8(15)4-7(5-9(12)16)14(18,19)20/h4-6H,1-3H3. The van der Waals surface area contributed by atoms with Crippen LogP contribution in [0, 0.1) is 0 Å². The van der Waals surface area contributed by atoms with E-state index >= 15 is 0 Å². The topological polar surface area (TPSA) is 17.8 Å². The number of halogens is 6. The Bertz CT molecular complexity index is 692. The second kappa shape index (κ2) is 5.62. The van der Waals surface area contributed by atoms with Gasteiger partial charge in [0.05, 0.1) is 21.3 Å². The average molecular weight is 372 g/mol. The molecule has 0 atom stereocenters. The summed E-state index contributed by atoms with van der Waals surface area (Å²) in [5.74, 6) is 0. The molecule has 0 N–H and O–H groups in total. The van der Waals surface area contributed by atoms with E-state index in [4.69, 9.17) is 34.8 Å². The van der Waals surface area contributed by atoms with Crippen molar-refractivity contribution < 1.29 is 13.2 Å².